The number of aryl methyl sites for hydroxylation is 1. The van der Waals surface area contributed by atoms with E-state index in [-0.39, 0.29) is 0 Å². The number of carbonyl (C=O) groups is 1. The molecule has 1 heterocycles. The van der Waals surface area contributed by atoms with Gasteiger partial charge in [0.2, 0.25) is 0 Å². The van der Waals surface area contributed by atoms with Crippen LogP contribution in [0.1, 0.15) is 22.4 Å². The van der Waals surface area contributed by atoms with Gasteiger partial charge in [-0.1, -0.05) is 19.1 Å². The van der Waals surface area contributed by atoms with E-state index in [1.165, 1.54) is 16.9 Å². The van der Waals surface area contributed by atoms with Crippen LogP contribution in [-0.2, 0) is 17.6 Å². The zero-order valence-corrected chi connectivity index (χ0v) is 12.6. The quantitative estimate of drug-likeness (QED) is 0.796. The fourth-order valence-corrected chi connectivity index (χ4v) is 2.55. The number of nitrogens with zero attached hydrogens (tertiary/aromatic N) is 1. The summed E-state index contributed by atoms with van der Waals surface area (Å²) in [5.41, 5.74) is 1.29. The average Bonchev–Trinajstić information content (AvgIpc) is 2.94. The van der Waals surface area contributed by atoms with Crippen LogP contribution in [0.2, 0.25) is 0 Å². The molecule has 0 radical (unpaired) electrons. The van der Waals surface area contributed by atoms with Crippen molar-refractivity contribution in [3.05, 3.63) is 52.0 Å². The molecule has 0 aliphatic carbocycles. The van der Waals surface area contributed by atoms with Crippen molar-refractivity contribution in [2.75, 3.05) is 6.61 Å². The first-order valence-electron chi connectivity index (χ1n) is 6.75. The summed E-state index contributed by atoms with van der Waals surface area (Å²) in [5, 5.41) is 9.50. The van der Waals surface area contributed by atoms with Crippen molar-refractivity contribution in [3.8, 4) is 5.75 Å². The molecule has 0 saturated heterocycles. The third-order valence-corrected chi connectivity index (χ3v) is 3.90. The number of hydrogen-bond donors (Lipinski definition) is 1. The number of carboxylic acids is 1. The fraction of sp³-hybridized carbons (Fsp3) is 0.250. The standard InChI is InChI=1S/C16H17NO3S/c1-2-12-3-5-13(6-4-12)20-10-9-15-17-11-14(21-15)7-8-16(18)19/h3-8,11H,2,9-10H2,1H3,(H,18,19)/b8-7+. The maximum absolute atomic E-state index is 10.4. The number of carboxylic acid groups (broad SMARTS) is 1. The van der Waals surface area contributed by atoms with Gasteiger partial charge in [-0.25, -0.2) is 9.78 Å². The summed E-state index contributed by atoms with van der Waals surface area (Å²) in [7, 11) is 0. The molecule has 4 nitrogen and oxygen atoms in total. The van der Waals surface area contributed by atoms with Gasteiger partial charge in [0.1, 0.15) is 5.75 Å². The molecule has 2 rings (SSSR count). The highest BCUT2D eigenvalue weighted by Crippen LogP contribution is 2.16. The van der Waals surface area contributed by atoms with Gasteiger partial charge in [0, 0.05) is 23.6 Å². The van der Waals surface area contributed by atoms with Gasteiger partial charge < -0.3 is 9.84 Å². The molecule has 1 N–H and O–H groups in total. The molecule has 0 bridgehead atoms. The van der Waals surface area contributed by atoms with Crippen molar-refractivity contribution in [1.82, 2.24) is 4.98 Å². The predicted molar refractivity (Wildman–Crippen MR) is 83.8 cm³/mol. The highest BCUT2D eigenvalue weighted by Gasteiger charge is 2.01. The lowest BCUT2D eigenvalue weighted by Gasteiger charge is -2.05. The van der Waals surface area contributed by atoms with E-state index in [0.29, 0.717) is 13.0 Å². The summed E-state index contributed by atoms with van der Waals surface area (Å²) < 4.78 is 5.67. The molecule has 21 heavy (non-hydrogen) atoms. The Kier molecular flexibility index (Phi) is 5.51. The van der Waals surface area contributed by atoms with Gasteiger partial charge in [0.15, 0.2) is 0 Å². The largest absolute Gasteiger partial charge is 0.493 e. The topological polar surface area (TPSA) is 59.4 Å². The Balaban J connectivity index is 1.81. The van der Waals surface area contributed by atoms with Crippen LogP contribution in [0.25, 0.3) is 6.08 Å². The molecule has 0 aliphatic heterocycles. The molecular weight excluding hydrogens is 286 g/mol. The minimum Gasteiger partial charge on any atom is -0.493 e. The van der Waals surface area contributed by atoms with Crippen molar-refractivity contribution < 1.29 is 14.6 Å². The summed E-state index contributed by atoms with van der Waals surface area (Å²) in [6.07, 6.45) is 6.07. The second kappa shape index (κ2) is 7.59. The first-order chi connectivity index (χ1) is 10.2. The fourth-order valence-electron chi connectivity index (χ4n) is 1.75. The van der Waals surface area contributed by atoms with Gasteiger partial charge in [-0.15, -0.1) is 11.3 Å². The third-order valence-electron chi connectivity index (χ3n) is 2.88. The maximum Gasteiger partial charge on any atom is 0.328 e. The molecule has 0 unspecified atom stereocenters. The first-order valence-corrected chi connectivity index (χ1v) is 7.56. The van der Waals surface area contributed by atoms with E-state index in [1.54, 1.807) is 12.3 Å². The Labute approximate surface area is 127 Å². The molecule has 0 spiro atoms. The van der Waals surface area contributed by atoms with Crippen molar-refractivity contribution in [1.29, 1.82) is 0 Å². The first kappa shape index (κ1) is 15.3. The summed E-state index contributed by atoms with van der Waals surface area (Å²) in [4.78, 5) is 15.5. The lowest BCUT2D eigenvalue weighted by molar-refractivity contribution is -0.131. The number of aliphatic carboxylic acids is 1. The van der Waals surface area contributed by atoms with Crippen LogP contribution in [0.4, 0.5) is 0 Å². The molecule has 0 saturated carbocycles. The molecule has 110 valence electrons. The van der Waals surface area contributed by atoms with E-state index in [9.17, 15) is 4.79 Å². The van der Waals surface area contributed by atoms with Crippen LogP contribution in [0.5, 0.6) is 5.75 Å². The molecule has 0 fully saturated rings. The number of aromatic nitrogens is 1. The molecule has 5 heteroatoms. The zero-order valence-electron chi connectivity index (χ0n) is 11.8. The van der Waals surface area contributed by atoms with Crippen LogP contribution >= 0.6 is 11.3 Å². The summed E-state index contributed by atoms with van der Waals surface area (Å²) >= 11 is 1.47. The highest BCUT2D eigenvalue weighted by molar-refractivity contribution is 7.12. The predicted octanol–water partition coefficient (Wildman–Crippen LogP) is 3.42. The number of ether oxygens (including phenoxy) is 1. The van der Waals surface area contributed by atoms with Crippen LogP contribution in [0.3, 0.4) is 0 Å². The molecule has 1 aromatic heterocycles. The van der Waals surface area contributed by atoms with Gasteiger partial charge >= 0.3 is 5.97 Å². The normalized spacial score (nSPS) is 10.9. The summed E-state index contributed by atoms with van der Waals surface area (Å²) in [6.45, 7) is 2.68. The van der Waals surface area contributed by atoms with E-state index in [2.05, 4.69) is 24.0 Å². The van der Waals surface area contributed by atoms with Crippen molar-refractivity contribution in [2.24, 2.45) is 0 Å². The number of thiazole rings is 1. The molecular formula is C16H17NO3S. The minimum atomic E-state index is -0.955. The van der Waals surface area contributed by atoms with Gasteiger partial charge in [-0.05, 0) is 30.2 Å². The minimum absolute atomic E-state index is 0.557. The Morgan fingerprint density at radius 2 is 2.14 bits per heavy atom. The molecule has 0 atom stereocenters. The SMILES string of the molecule is CCc1ccc(OCCc2ncc(/C=C/C(=O)O)s2)cc1. The lowest BCUT2D eigenvalue weighted by Crippen LogP contribution is -2.00. The van der Waals surface area contributed by atoms with Crippen LogP contribution in [0, 0.1) is 0 Å². The van der Waals surface area contributed by atoms with E-state index < -0.39 is 5.97 Å². The number of benzene rings is 1. The average molecular weight is 303 g/mol. The van der Waals surface area contributed by atoms with Crippen molar-refractivity contribution in [2.45, 2.75) is 19.8 Å². The zero-order chi connectivity index (χ0) is 15.1. The highest BCUT2D eigenvalue weighted by atomic mass is 32.1. The second-order valence-corrected chi connectivity index (χ2v) is 5.57. The summed E-state index contributed by atoms with van der Waals surface area (Å²) in [6, 6.07) is 8.07. The van der Waals surface area contributed by atoms with Gasteiger partial charge in [-0.3, -0.25) is 0 Å². The van der Waals surface area contributed by atoms with E-state index in [4.69, 9.17) is 9.84 Å². The number of hydrogen-bond acceptors (Lipinski definition) is 4. The maximum atomic E-state index is 10.4. The van der Waals surface area contributed by atoms with E-state index in [1.807, 2.05) is 12.1 Å². The molecule has 1 aromatic carbocycles. The third kappa shape index (κ3) is 5.04. The Hall–Kier alpha value is -2.14. The molecule has 0 aliphatic rings. The Bertz CT molecular complexity index is 617. The van der Waals surface area contributed by atoms with Crippen LogP contribution in [0.15, 0.2) is 36.5 Å². The van der Waals surface area contributed by atoms with Crippen molar-refractivity contribution in [3.63, 3.8) is 0 Å². The van der Waals surface area contributed by atoms with Crippen LogP contribution in [-0.4, -0.2) is 22.7 Å². The van der Waals surface area contributed by atoms with Gasteiger partial charge in [0.25, 0.3) is 0 Å². The Morgan fingerprint density at radius 1 is 1.38 bits per heavy atom. The molecule has 0 amide bonds. The van der Waals surface area contributed by atoms with Gasteiger partial charge in [0.05, 0.1) is 11.6 Å². The monoisotopic (exact) mass is 303 g/mol. The lowest BCUT2D eigenvalue weighted by atomic mass is 10.2. The number of rotatable bonds is 7. The summed E-state index contributed by atoms with van der Waals surface area (Å²) in [5.74, 6) is -0.0986. The molecule has 2 aromatic rings. The van der Waals surface area contributed by atoms with Crippen molar-refractivity contribution >= 4 is 23.4 Å². The van der Waals surface area contributed by atoms with Gasteiger partial charge in [-0.2, -0.15) is 0 Å². The van der Waals surface area contributed by atoms with E-state index >= 15 is 0 Å². The second-order valence-electron chi connectivity index (χ2n) is 4.42. The smallest absolute Gasteiger partial charge is 0.328 e. The van der Waals surface area contributed by atoms with Crippen LogP contribution < -0.4 is 4.74 Å². The van der Waals surface area contributed by atoms with E-state index in [0.717, 1.165) is 28.1 Å². The Morgan fingerprint density at radius 3 is 2.81 bits per heavy atom.